The predicted molar refractivity (Wildman–Crippen MR) is 126 cm³/mol. The lowest BCUT2D eigenvalue weighted by Gasteiger charge is -2.33. The Bertz CT molecular complexity index is 747. The van der Waals surface area contributed by atoms with Gasteiger partial charge in [0.25, 0.3) is 6.29 Å². The molecule has 1 aliphatic rings. The van der Waals surface area contributed by atoms with E-state index in [1.807, 2.05) is 45.0 Å². The Morgan fingerprint density at radius 1 is 1.09 bits per heavy atom. The second kappa shape index (κ2) is 14.1. The van der Waals surface area contributed by atoms with Gasteiger partial charge in [0.1, 0.15) is 18.8 Å². The lowest BCUT2D eigenvalue weighted by Crippen LogP contribution is -2.49. The monoisotopic (exact) mass is 488 g/mol. The van der Waals surface area contributed by atoms with Crippen LogP contribution in [-0.4, -0.2) is 68.3 Å². The molecule has 0 saturated carbocycles. The minimum absolute atomic E-state index is 0. The third kappa shape index (κ3) is 8.91. The van der Waals surface area contributed by atoms with Crippen molar-refractivity contribution in [2.24, 2.45) is 17.6 Å². The molecule has 3 atom stereocenters. The largest absolute Gasteiger partial charge is 0.490 e. The topological polar surface area (TPSA) is 110 Å². The summed E-state index contributed by atoms with van der Waals surface area (Å²) < 4.78 is 28.0. The van der Waals surface area contributed by atoms with Crippen molar-refractivity contribution in [3.05, 3.63) is 24.3 Å². The van der Waals surface area contributed by atoms with Crippen LogP contribution in [0.3, 0.4) is 0 Å². The molecule has 0 spiro atoms. The normalized spacial score (nSPS) is 17.7. The number of para-hydroxylation sites is 2. The summed E-state index contributed by atoms with van der Waals surface area (Å²) in [5.41, 5.74) is 5.85. The molecule has 188 valence electrons. The van der Waals surface area contributed by atoms with Crippen LogP contribution in [-0.2, 0) is 19.0 Å². The number of carbonyl (C=O) groups is 2. The lowest BCUT2D eigenvalue weighted by molar-refractivity contribution is -0.180. The van der Waals surface area contributed by atoms with Gasteiger partial charge in [-0.15, -0.1) is 12.4 Å². The minimum atomic E-state index is -1.02. The number of nitrogens with zero attached hydrogens (tertiary/aromatic N) is 1. The van der Waals surface area contributed by atoms with Crippen LogP contribution in [0.15, 0.2) is 24.3 Å². The highest BCUT2D eigenvalue weighted by Gasteiger charge is 2.31. The molecule has 1 saturated heterocycles. The molecule has 0 aromatic heterocycles. The first-order valence-corrected chi connectivity index (χ1v) is 11.1. The molecule has 0 aliphatic carbocycles. The molecule has 1 fully saturated rings. The number of morpholine rings is 1. The van der Waals surface area contributed by atoms with Gasteiger partial charge in [-0.25, -0.2) is 4.79 Å². The summed E-state index contributed by atoms with van der Waals surface area (Å²) in [7, 11) is 0. The van der Waals surface area contributed by atoms with Gasteiger partial charge in [-0.05, 0) is 25.0 Å². The van der Waals surface area contributed by atoms with E-state index >= 15 is 0 Å². The third-order valence-corrected chi connectivity index (χ3v) is 4.95. The van der Waals surface area contributed by atoms with Gasteiger partial charge in [-0.2, -0.15) is 0 Å². The van der Waals surface area contributed by atoms with Crippen LogP contribution in [0.1, 0.15) is 34.6 Å². The van der Waals surface area contributed by atoms with E-state index in [9.17, 15) is 9.59 Å². The maximum Gasteiger partial charge on any atom is 0.413 e. The van der Waals surface area contributed by atoms with Gasteiger partial charge < -0.3 is 34.3 Å². The molecule has 1 amide bonds. The molecule has 10 heteroatoms. The summed E-state index contributed by atoms with van der Waals surface area (Å²) in [6, 6.07) is 6.62. The van der Waals surface area contributed by atoms with E-state index in [4.69, 9.17) is 29.4 Å². The zero-order chi connectivity index (χ0) is 23.7. The first kappa shape index (κ1) is 28.8. The van der Waals surface area contributed by atoms with Gasteiger partial charge in [0.05, 0.1) is 19.8 Å². The molecular weight excluding hydrogens is 452 g/mol. The Kier molecular flexibility index (Phi) is 12.3. The fraction of sp³-hybridized carbons (Fsp3) is 0.652. The molecule has 0 bridgehead atoms. The van der Waals surface area contributed by atoms with Crippen molar-refractivity contribution in [1.29, 1.82) is 0 Å². The van der Waals surface area contributed by atoms with Gasteiger partial charge in [0, 0.05) is 12.5 Å². The maximum absolute atomic E-state index is 12.7. The van der Waals surface area contributed by atoms with Crippen LogP contribution in [0, 0.1) is 11.8 Å². The Morgan fingerprint density at radius 3 is 2.30 bits per heavy atom. The molecule has 1 aliphatic heterocycles. The Balaban J connectivity index is 0.00000544. The summed E-state index contributed by atoms with van der Waals surface area (Å²) in [6.07, 6.45) is -1.92. The average molecular weight is 489 g/mol. The summed E-state index contributed by atoms with van der Waals surface area (Å²) in [5, 5.41) is 0. The molecule has 1 unspecified atom stereocenters. The van der Waals surface area contributed by atoms with Crippen LogP contribution in [0.2, 0.25) is 0 Å². The van der Waals surface area contributed by atoms with Crippen molar-refractivity contribution in [3.63, 3.8) is 0 Å². The van der Waals surface area contributed by atoms with Gasteiger partial charge >= 0.3 is 12.1 Å². The number of hydrogen-bond donors (Lipinski definition) is 1. The average Bonchev–Trinajstić information content (AvgIpc) is 2.77. The summed E-state index contributed by atoms with van der Waals surface area (Å²) in [4.78, 5) is 26.5. The number of esters is 1. The lowest BCUT2D eigenvalue weighted by atomic mass is 10.1. The number of amides is 1. The molecule has 2 rings (SSSR count). The summed E-state index contributed by atoms with van der Waals surface area (Å²) in [5.74, 6) is 0.373. The highest BCUT2D eigenvalue weighted by molar-refractivity contribution is 5.85. The van der Waals surface area contributed by atoms with Crippen LogP contribution in [0.25, 0.3) is 0 Å². The predicted octanol–water partition coefficient (Wildman–Crippen LogP) is 3.23. The minimum Gasteiger partial charge on any atom is -0.490 e. The quantitative estimate of drug-likeness (QED) is 0.395. The fourth-order valence-corrected chi connectivity index (χ4v) is 2.95. The fourth-order valence-electron chi connectivity index (χ4n) is 2.95. The van der Waals surface area contributed by atoms with Crippen molar-refractivity contribution in [1.82, 2.24) is 4.90 Å². The van der Waals surface area contributed by atoms with E-state index in [2.05, 4.69) is 0 Å². The van der Waals surface area contributed by atoms with Gasteiger partial charge in [-0.3, -0.25) is 4.79 Å². The molecule has 1 heterocycles. The molecule has 33 heavy (non-hydrogen) atoms. The van der Waals surface area contributed by atoms with Gasteiger partial charge in [0.2, 0.25) is 0 Å². The smallest absolute Gasteiger partial charge is 0.413 e. The zero-order valence-electron chi connectivity index (χ0n) is 20.0. The number of benzene rings is 1. The number of nitrogens with two attached hydrogens (primary N) is 1. The second-order valence-corrected chi connectivity index (χ2v) is 8.33. The molecule has 9 nitrogen and oxygen atoms in total. The number of carbonyl (C=O) groups excluding carboxylic acids is 2. The van der Waals surface area contributed by atoms with E-state index < -0.39 is 24.4 Å². The van der Waals surface area contributed by atoms with Crippen molar-refractivity contribution in [3.8, 4) is 11.5 Å². The Labute approximate surface area is 202 Å². The SMILES string of the molecule is CCOc1ccccc1OC[C@@H]1CN(C(=O)OC(OC(=O)[C@@H](N)C(C)C)C(C)C)CCO1.Cl. The highest BCUT2D eigenvalue weighted by atomic mass is 35.5. The van der Waals surface area contributed by atoms with E-state index in [0.29, 0.717) is 37.8 Å². The van der Waals surface area contributed by atoms with Gasteiger partial charge in [0.15, 0.2) is 11.5 Å². The first-order chi connectivity index (χ1) is 15.2. The summed E-state index contributed by atoms with van der Waals surface area (Å²) >= 11 is 0. The molecular formula is C23H37ClN2O7. The van der Waals surface area contributed by atoms with Crippen molar-refractivity contribution in [2.75, 3.05) is 32.9 Å². The highest BCUT2D eigenvalue weighted by Crippen LogP contribution is 2.27. The van der Waals surface area contributed by atoms with E-state index in [1.54, 1.807) is 13.8 Å². The maximum atomic E-state index is 12.7. The van der Waals surface area contributed by atoms with Gasteiger partial charge in [-0.1, -0.05) is 39.8 Å². The second-order valence-electron chi connectivity index (χ2n) is 8.33. The van der Waals surface area contributed by atoms with Crippen molar-refractivity contribution < 1.29 is 33.3 Å². The molecule has 2 N–H and O–H groups in total. The van der Waals surface area contributed by atoms with Crippen LogP contribution in [0.5, 0.6) is 11.5 Å². The molecule has 1 aromatic rings. The zero-order valence-corrected chi connectivity index (χ0v) is 20.8. The number of hydrogen-bond acceptors (Lipinski definition) is 8. The van der Waals surface area contributed by atoms with Crippen LogP contribution in [0.4, 0.5) is 4.79 Å². The number of halogens is 1. The van der Waals surface area contributed by atoms with Crippen molar-refractivity contribution in [2.45, 2.75) is 53.1 Å². The summed E-state index contributed by atoms with van der Waals surface area (Å²) in [6.45, 7) is 11.0. The third-order valence-electron chi connectivity index (χ3n) is 4.95. The van der Waals surface area contributed by atoms with E-state index in [0.717, 1.165) is 0 Å². The Hall–Kier alpha value is -2.23. The van der Waals surface area contributed by atoms with Crippen LogP contribution < -0.4 is 15.2 Å². The first-order valence-electron chi connectivity index (χ1n) is 11.1. The number of rotatable bonds is 10. The van der Waals surface area contributed by atoms with Crippen molar-refractivity contribution >= 4 is 24.5 Å². The Morgan fingerprint density at radius 2 is 1.73 bits per heavy atom. The molecule has 0 radical (unpaired) electrons. The number of ether oxygens (including phenoxy) is 5. The van der Waals surface area contributed by atoms with Crippen LogP contribution >= 0.6 is 12.4 Å². The standard InChI is InChI=1S/C23H36N2O7.ClH/c1-6-28-18-9-7-8-10-19(18)30-14-17-13-25(11-12-29-17)23(27)32-22(16(4)5)31-21(26)20(24)15(2)3;/h7-10,15-17,20,22H,6,11-14,24H2,1-5H3;1H/t17-,20-,22?;/m0./s1. The molecule has 1 aromatic carbocycles. The van der Waals surface area contributed by atoms with E-state index in [-0.39, 0.29) is 37.0 Å². The van der Waals surface area contributed by atoms with E-state index in [1.165, 1.54) is 4.90 Å².